The minimum Gasteiger partial charge on any atom is -0.481 e. The average Bonchev–Trinajstić information content (AvgIpc) is 2.14. The molecule has 2 atom stereocenters. The van der Waals surface area contributed by atoms with Gasteiger partial charge < -0.3 is 72.6 Å². The highest BCUT2D eigenvalue weighted by Crippen LogP contribution is 2.18. The van der Waals surface area contributed by atoms with Crippen LogP contribution in [0.5, 0.6) is 0 Å². The first-order chi connectivity index (χ1) is 46.3. The Morgan fingerprint density at radius 3 is 1.31 bits per heavy atom. The quantitative estimate of drug-likeness (QED) is 0.0511. The Hall–Kier alpha value is -3.92. The van der Waals surface area contributed by atoms with Crippen LogP contribution in [-0.4, -0.2) is 226 Å². The van der Waals surface area contributed by atoms with E-state index in [-0.39, 0.29) is 67.2 Å². The van der Waals surface area contributed by atoms with Crippen LogP contribution >= 0.6 is 0 Å². The van der Waals surface area contributed by atoms with E-state index in [1.54, 1.807) is 0 Å². The molecule has 0 aliphatic rings. The standard InChI is InChI=1S/C71H131N5O19/c1-6-7-8-9-10-11-12-13-14-15-16-17-18-25-65(77)59-63(71(82)83)28-30-69(80)72-33-21-19-26-66(73-70(81)31-29-64-60-76(75-74-64)34-22-20-24-61(2)3)68(79)27-23-35-84-37-39-86-41-43-88-45-47-90-49-51-92-53-55-94-57-58-95-56-54-93-52-50-91-48-46-89-44-42-87-40-38-85-36-32-67(78)62(4)5/h60-63,66H,6-59H2,1-5H3,(H,72,80)(H,73,81)(H,82,83)/t63-,66+/m1/s1. The number of aryl methyl sites for hydroxylation is 2. The molecule has 0 spiro atoms. The average molecular weight is 1360 g/mol. The number of amides is 2. The van der Waals surface area contributed by atoms with Crippen molar-refractivity contribution in [1.82, 2.24) is 25.6 Å². The first-order valence-corrected chi connectivity index (χ1v) is 36.5. The van der Waals surface area contributed by atoms with Gasteiger partial charge in [0.05, 0.1) is 170 Å². The highest BCUT2D eigenvalue weighted by atomic mass is 16.6. The Labute approximate surface area is 571 Å². The minimum atomic E-state index is -1.06. The van der Waals surface area contributed by atoms with Crippen molar-refractivity contribution in [3.8, 4) is 0 Å². The number of hydrogen-bond donors (Lipinski definition) is 3. The lowest BCUT2D eigenvalue weighted by Gasteiger charge is -2.18. The van der Waals surface area contributed by atoms with Crippen molar-refractivity contribution in [3.05, 3.63) is 11.9 Å². The van der Waals surface area contributed by atoms with Crippen LogP contribution in [0.3, 0.4) is 0 Å². The molecular formula is C71H131N5O19. The van der Waals surface area contributed by atoms with E-state index in [4.69, 9.17) is 56.8 Å². The molecule has 0 aromatic carbocycles. The molecule has 1 heterocycles. The molecule has 0 aliphatic carbocycles. The zero-order valence-electron chi connectivity index (χ0n) is 59.7. The van der Waals surface area contributed by atoms with Gasteiger partial charge in [-0.25, -0.2) is 0 Å². The summed E-state index contributed by atoms with van der Waals surface area (Å²) in [5.74, 6) is -1.76. The number of carbonyl (C=O) groups excluding carboxylic acids is 5. The fourth-order valence-corrected chi connectivity index (χ4v) is 9.84. The number of ketones is 3. The molecule has 0 radical (unpaired) electrons. The van der Waals surface area contributed by atoms with Crippen molar-refractivity contribution in [2.45, 2.75) is 227 Å². The van der Waals surface area contributed by atoms with Crippen LogP contribution < -0.4 is 10.6 Å². The number of nitrogens with zero attached hydrogens (tertiary/aromatic N) is 3. The van der Waals surface area contributed by atoms with Gasteiger partial charge in [0, 0.05) is 76.8 Å². The number of ether oxygens (including phenoxy) is 12. The van der Waals surface area contributed by atoms with E-state index in [1.165, 1.54) is 64.2 Å². The normalized spacial score (nSPS) is 12.3. The molecule has 3 N–H and O–H groups in total. The fraction of sp³-hybridized carbons (Fsp3) is 0.887. The largest absolute Gasteiger partial charge is 0.481 e. The third kappa shape index (κ3) is 60.9. The highest BCUT2D eigenvalue weighted by molar-refractivity contribution is 5.89. The van der Waals surface area contributed by atoms with Gasteiger partial charge >= 0.3 is 5.97 Å². The van der Waals surface area contributed by atoms with Gasteiger partial charge in [0.2, 0.25) is 11.8 Å². The summed E-state index contributed by atoms with van der Waals surface area (Å²) in [7, 11) is 0. The minimum absolute atomic E-state index is 0.00146. The SMILES string of the molecule is CCCCCCCCCCCCCCCC(=O)C[C@@H](CCC(=O)NCCCC[C@H](NC(=O)CCc1cn(CCCCC(C)C)nn1)C(=O)CCCOCCOCCOCCOCCOCCOCCOCCOCCOCCOCCOCCOCCC(=O)C(C)C)C(=O)O. The van der Waals surface area contributed by atoms with Crippen molar-refractivity contribution in [1.29, 1.82) is 0 Å². The number of carbonyl (C=O) groups is 6. The maximum atomic E-state index is 13.5. The third-order valence-corrected chi connectivity index (χ3v) is 15.6. The first-order valence-electron chi connectivity index (χ1n) is 36.5. The number of rotatable bonds is 76. The van der Waals surface area contributed by atoms with Crippen molar-refractivity contribution in [3.63, 3.8) is 0 Å². The number of unbranched alkanes of at least 4 members (excludes halogenated alkanes) is 14. The van der Waals surface area contributed by atoms with Gasteiger partial charge in [-0.2, -0.15) is 0 Å². The molecule has 554 valence electrons. The maximum Gasteiger partial charge on any atom is 0.306 e. The van der Waals surface area contributed by atoms with E-state index in [9.17, 15) is 33.9 Å². The van der Waals surface area contributed by atoms with Crippen LogP contribution in [0.2, 0.25) is 0 Å². The van der Waals surface area contributed by atoms with Crippen LogP contribution in [0, 0.1) is 17.8 Å². The number of carboxylic acid groups (broad SMARTS) is 1. The van der Waals surface area contributed by atoms with Crippen LogP contribution in [0.15, 0.2) is 6.20 Å². The van der Waals surface area contributed by atoms with Gasteiger partial charge in [0.15, 0.2) is 5.78 Å². The lowest BCUT2D eigenvalue weighted by molar-refractivity contribution is -0.144. The van der Waals surface area contributed by atoms with Crippen molar-refractivity contribution in [2.75, 3.05) is 165 Å². The van der Waals surface area contributed by atoms with Gasteiger partial charge in [-0.1, -0.05) is 130 Å². The second-order valence-electron chi connectivity index (χ2n) is 24.9. The summed E-state index contributed by atoms with van der Waals surface area (Å²) in [5.41, 5.74) is 0.717. The molecule has 0 saturated heterocycles. The molecule has 1 aromatic rings. The Morgan fingerprint density at radius 1 is 0.432 bits per heavy atom. The summed E-state index contributed by atoms with van der Waals surface area (Å²) in [6.07, 6.45) is 24.5. The molecule has 1 rings (SSSR count). The number of aromatic nitrogens is 3. The molecule has 24 nitrogen and oxygen atoms in total. The Morgan fingerprint density at radius 2 is 0.863 bits per heavy atom. The molecule has 24 heteroatoms. The summed E-state index contributed by atoms with van der Waals surface area (Å²) in [4.78, 5) is 75.8. The van der Waals surface area contributed by atoms with E-state index >= 15 is 0 Å². The van der Waals surface area contributed by atoms with Crippen LogP contribution in [-0.2, 0) is 98.6 Å². The lowest BCUT2D eigenvalue weighted by atomic mass is 9.94. The summed E-state index contributed by atoms with van der Waals surface area (Å²) >= 11 is 0. The number of nitrogens with one attached hydrogen (secondary N) is 2. The van der Waals surface area contributed by atoms with Crippen molar-refractivity contribution < 1.29 is 90.7 Å². The molecular weight excluding hydrogens is 1230 g/mol. The van der Waals surface area contributed by atoms with Gasteiger partial charge in [0.25, 0.3) is 0 Å². The Bertz CT molecular complexity index is 1970. The molecule has 95 heavy (non-hydrogen) atoms. The predicted octanol–water partition coefficient (Wildman–Crippen LogP) is 9.89. The summed E-state index contributed by atoms with van der Waals surface area (Å²) in [5, 5.41) is 24.1. The number of aliphatic carboxylic acids is 1. The van der Waals surface area contributed by atoms with Crippen LogP contribution in [0.25, 0.3) is 0 Å². The molecule has 0 aliphatic heterocycles. The molecule has 1 aromatic heterocycles. The number of carboxylic acids is 1. The van der Waals surface area contributed by atoms with Crippen molar-refractivity contribution in [2.24, 2.45) is 17.8 Å². The molecule has 2 amide bonds. The molecule has 0 saturated carbocycles. The third-order valence-electron chi connectivity index (χ3n) is 15.6. The zero-order chi connectivity index (χ0) is 69.1. The number of hydrogen-bond acceptors (Lipinski definition) is 20. The van der Waals surface area contributed by atoms with E-state index in [0.717, 1.165) is 45.1 Å². The molecule has 0 fully saturated rings. The smallest absolute Gasteiger partial charge is 0.306 e. The summed E-state index contributed by atoms with van der Waals surface area (Å²) < 4.78 is 68.3. The number of Topliss-reactive ketones (excluding diaryl/α,β-unsaturated/α-hetero) is 3. The Balaban J connectivity index is 2.16. The maximum absolute atomic E-state index is 13.5. The fourth-order valence-electron chi connectivity index (χ4n) is 9.84. The first kappa shape index (κ1) is 89.1. The lowest BCUT2D eigenvalue weighted by Crippen LogP contribution is -2.41. The van der Waals surface area contributed by atoms with E-state index in [0.29, 0.717) is 222 Å². The summed E-state index contributed by atoms with van der Waals surface area (Å²) in [6.45, 7) is 22.1. The predicted molar refractivity (Wildman–Crippen MR) is 365 cm³/mol. The van der Waals surface area contributed by atoms with E-state index in [1.807, 2.05) is 24.7 Å². The Kier molecular flexibility index (Phi) is 63.1. The van der Waals surface area contributed by atoms with Gasteiger partial charge in [0.1, 0.15) is 11.6 Å². The van der Waals surface area contributed by atoms with E-state index < -0.39 is 17.9 Å². The molecule has 0 bridgehead atoms. The monoisotopic (exact) mass is 1360 g/mol. The second kappa shape index (κ2) is 67.3. The highest BCUT2D eigenvalue weighted by Gasteiger charge is 2.23. The zero-order valence-corrected chi connectivity index (χ0v) is 59.7. The summed E-state index contributed by atoms with van der Waals surface area (Å²) in [6, 6.07) is -0.708. The van der Waals surface area contributed by atoms with Gasteiger partial charge in [-0.05, 0) is 50.9 Å². The topological polar surface area (TPSA) is 288 Å². The van der Waals surface area contributed by atoms with Crippen molar-refractivity contribution >= 4 is 35.1 Å². The second-order valence-corrected chi connectivity index (χ2v) is 24.9. The van der Waals surface area contributed by atoms with Gasteiger partial charge in [-0.3, -0.25) is 33.4 Å². The van der Waals surface area contributed by atoms with Crippen LogP contribution in [0.1, 0.15) is 214 Å². The van der Waals surface area contributed by atoms with E-state index in [2.05, 4.69) is 41.7 Å². The molecule has 0 unspecified atom stereocenters. The van der Waals surface area contributed by atoms with Gasteiger partial charge in [-0.15, -0.1) is 5.10 Å². The van der Waals surface area contributed by atoms with Crippen LogP contribution in [0.4, 0.5) is 0 Å².